The fourth-order valence-electron chi connectivity index (χ4n) is 2.96. The van der Waals surface area contributed by atoms with Gasteiger partial charge in [0.15, 0.2) is 0 Å². The lowest BCUT2D eigenvalue weighted by Crippen LogP contribution is -2.44. The number of nitrogens with zero attached hydrogens (tertiary/aromatic N) is 2. The number of hydrogen-bond acceptors (Lipinski definition) is 2. The van der Waals surface area contributed by atoms with Gasteiger partial charge in [0.05, 0.1) is 5.02 Å². The van der Waals surface area contributed by atoms with E-state index in [1.165, 1.54) is 12.8 Å². The van der Waals surface area contributed by atoms with Gasteiger partial charge >= 0.3 is 0 Å². The van der Waals surface area contributed by atoms with Gasteiger partial charge < -0.3 is 14.8 Å². The summed E-state index contributed by atoms with van der Waals surface area (Å²) in [6, 6.07) is 2.70. The van der Waals surface area contributed by atoms with Crippen LogP contribution in [0.3, 0.4) is 0 Å². The first-order valence-corrected chi connectivity index (χ1v) is 7.89. The second-order valence-electron chi connectivity index (χ2n) is 6.01. The van der Waals surface area contributed by atoms with Gasteiger partial charge in [-0.3, -0.25) is 4.79 Å². The number of likely N-dealkylation sites (N-methyl/N-ethyl adjacent to an activating group) is 1. The number of rotatable bonds is 4. The summed E-state index contributed by atoms with van der Waals surface area (Å²) < 4.78 is 2.05. The summed E-state index contributed by atoms with van der Waals surface area (Å²) >= 11 is 6.07. The van der Waals surface area contributed by atoms with Crippen molar-refractivity contribution in [2.45, 2.75) is 44.2 Å². The monoisotopic (exact) mass is 295 g/mol. The highest BCUT2D eigenvalue weighted by atomic mass is 35.5. The van der Waals surface area contributed by atoms with Crippen molar-refractivity contribution in [3.8, 4) is 0 Å². The molecule has 2 heterocycles. The number of carbonyl (C=O) groups is 1. The van der Waals surface area contributed by atoms with Crippen LogP contribution >= 0.6 is 11.6 Å². The summed E-state index contributed by atoms with van der Waals surface area (Å²) in [5, 5.41) is 4.14. The van der Waals surface area contributed by atoms with Gasteiger partial charge in [0.1, 0.15) is 5.69 Å². The number of aromatic nitrogens is 1. The Kier molecular flexibility index (Phi) is 4.03. The second-order valence-corrected chi connectivity index (χ2v) is 6.45. The molecule has 0 spiro atoms. The number of halogens is 1. The van der Waals surface area contributed by atoms with E-state index in [1.807, 2.05) is 18.1 Å². The van der Waals surface area contributed by atoms with Crippen molar-refractivity contribution >= 4 is 17.5 Å². The van der Waals surface area contributed by atoms with E-state index in [2.05, 4.69) is 9.88 Å². The summed E-state index contributed by atoms with van der Waals surface area (Å²) in [6.45, 7) is 1.84. The van der Waals surface area contributed by atoms with E-state index in [4.69, 9.17) is 11.6 Å². The minimum absolute atomic E-state index is 0.0798. The summed E-state index contributed by atoms with van der Waals surface area (Å²) in [5.41, 5.74) is 0.732. The van der Waals surface area contributed by atoms with E-state index in [0.29, 0.717) is 17.1 Å². The van der Waals surface area contributed by atoms with Gasteiger partial charge in [-0.1, -0.05) is 18.0 Å². The molecule has 0 aromatic carbocycles. The first-order chi connectivity index (χ1) is 9.65. The van der Waals surface area contributed by atoms with Crippen molar-refractivity contribution in [2.24, 2.45) is 0 Å². The smallest absolute Gasteiger partial charge is 0.270 e. The molecule has 3 rings (SSSR count). The summed E-state index contributed by atoms with van der Waals surface area (Å²) in [4.78, 5) is 14.4. The molecule has 1 aliphatic carbocycles. The van der Waals surface area contributed by atoms with Crippen LogP contribution in [0.2, 0.25) is 5.02 Å². The molecule has 1 unspecified atom stereocenters. The number of carbonyl (C=O) groups excluding carboxylic acids is 1. The Morgan fingerprint density at radius 1 is 1.45 bits per heavy atom. The van der Waals surface area contributed by atoms with E-state index < -0.39 is 0 Å². The molecule has 1 aromatic heterocycles. The summed E-state index contributed by atoms with van der Waals surface area (Å²) in [6.07, 6.45) is 7.85. The van der Waals surface area contributed by atoms with Gasteiger partial charge in [-0.05, 0) is 38.3 Å². The maximum Gasteiger partial charge on any atom is 0.270 e. The van der Waals surface area contributed by atoms with Crippen molar-refractivity contribution < 1.29 is 4.79 Å². The van der Waals surface area contributed by atoms with Gasteiger partial charge in [-0.25, -0.2) is 0 Å². The average Bonchev–Trinajstić information content (AvgIpc) is 3.22. The van der Waals surface area contributed by atoms with Crippen LogP contribution in [-0.4, -0.2) is 41.6 Å². The highest BCUT2D eigenvalue weighted by Crippen LogP contribution is 2.37. The van der Waals surface area contributed by atoms with Gasteiger partial charge in [0.25, 0.3) is 5.91 Å². The van der Waals surface area contributed by atoms with Crippen LogP contribution in [0.25, 0.3) is 0 Å². The molecule has 0 bridgehead atoms. The molecule has 1 atom stereocenters. The largest absolute Gasteiger partial charge is 0.339 e. The Hall–Kier alpha value is -1.00. The lowest BCUT2D eigenvalue weighted by atomic mass is 10.0. The minimum Gasteiger partial charge on any atom is -0.339 e. The Labute approximate surface area is 125 Å². The van der Waals surface area contributed by atoms with Gasteiger partial charge in [0, 0.05) is 31.9 Å². The molecule has 0 radical (unpaired) electrons. The number of amides is 1. The summed E-state index contributed by atoms with van der Waals surface area (Å²) in [7, 11) is 1.89. The maximum atomic E-state index is 12.6. The van der Waals surface area contributed by atoms with Gasteiger partial charge in [-0.2, -0.15) is 0 Å². The normalized spacial score (nSPS) is 22.8. The number of hydrogen-bond donors (Lipinski definition) is 1. The summed E-state index contributed by atoms with van der Waals surface area (Å²) in [5.74, 6) is 0.0798. The van der Waals surface area contributed by atoms with E-state index in [-0.39, 0.29) is 5.91 Å². The molecule has 1 amide bonds. The zero-order valence-corrected chi connectivity index (χ0v) is 12.7. The van der Waals surface area contributed by atoms with Crippen LogP contribution in [0.4, 0.5) is 0 Å². The molecule has 1 aromatic rings. The predicted octanol–water partition coefficient (Wildman–Crippen LogP) is 2.69. The Balaban J connectivity index is 1.68. The molecule has 1 saturated carbocycles. The standard InChI is InChI=1S/C15H22ClN3O/c1-18(10-12-4-2-3-7-17-12)15(20)14-8-11(16)9-19(14)13-5-6-13/h8-9,12-13,17H,2-7,10H2,1H3. The minimum atomic E-state index is 0.0798. The lowest BCUT2D eigenvalue weighted by molar-refractivity contribution is 0.0764. The molecule has 1 N–H and O–H groups in total. The second kappa shape index (κ2) is 5.78. The fourth-order valence-corrected chi connectivity index (χ4v) is 3.17. The van der Waals surface area contributed by atoms with E-state index in [1.54, 1.807) is 6.07 Å². The molecule has 2 aliphatic rings. The van der Waals surface area contributed by atoms with Crippen molar-refractivity contribution in [1.29, 1.82) is 0 Å². The third-order valence-corrected chi connectivity index (χ3v) is 4.43. The molecule has 20 heavy (non-hydrogen) atoms. The first-order valence-electron chi connectivity index (χ1n) is 7.51. The zero-order chi connectivity index (χ0) is 14.1. The molecule has 5 heteroatoms. The van der Waals surface area contributed by atoms with Gasteiger partial charge in [0.2, 0.25) is 0 Å². The van der Waals surface area contributed by atoms with Crippen LogP contribution in [0.5, 0.6) is 0 Å². The van der Waals surface area contributed by atoms with Crippen molar-refractivity contribution in [2.75, 3.05) is 20.1 Å². The molecule has 1 aliphatic heterocycles. The first kappa shape index (κ1) is 14.0. The number of piperidine rings is 1. The van der Waals surface area contributed by atoms with Crippen molar-refractivity contribution in [3.05, 3.63) is 23.0 Å². The average molecular weight is 296 g/mol. The fraction of sp³-hybridized carbons (Fsp3) is 0.667. The third-order valence-electron chi connectivity index (χ3n) is 4.23. The van der Waals surface area contributed by atoms with Crippen LogP contribution in [-0.2, 0) is 0 Å². The topological polar surface area (TPSA) is 37.3 Å². The van der Waals surface area contributed by atoms with Crippen LogP contribution in [0, 0.1) is 0 Å². The molecule has 110 valence electrons. The quantitative estimate of drug-likeness (QED) is 0.927. The van der Waals surface area contributed by atoms with E-state index in [9.17, 15) is 4.79 Å². The van der Waals surface area contributed by atoms with Crippen LogP contribution in [0.15, 0.2) is 12.3 Å². The highest BCUT2D eigenvalue weighted by molar-refractivity contribution is 6.31. The molecular formula is C15H22ClN3O. The van der Waals surface area contributed by atoms with Crippen molar-refractivity contribution in [1.82, 2.24) is 14.8 Å². The third kappa shape index (κ3) is 3.01. The van der Waals surface area contributed by atoms with E-state index in [0.717, 1.165) is 38.0 Å². The van der Waals surface area contributed by atoms with Gasteiger partial charge in [-0.15, -0.1) is 0 Å². The number of nitrogens with one attached hydrogen (secondary N) is 1. The Morgan fingerprint density at radius 2 is 2.25 bits per heavy atom. The Morgan fingerprint density at radius 3 is 2.90 bits per heavy atom. The molecular weight excluding hydrogens is 274 g/mol. The van der Waals surface area contributed by atoms with Crippen LogP contribution < -0.4 is 5.32 Å². The lowest BCUT2D eigenvalue weighted by Gasteiger charge is -2.28. The molecule has 1 saturated heterocycles. The van der Waals surface area contributed by atoms with Crippen LogP contribution in [0.1, 0.15) is 48.6 Å². The molecule has 4 nitrogen and oxygen atoms in total. The molecule has 2 fully saturated rings. The van der Waals surface area contributed by atoms with E-state index >= 15 is 0 Å². The zero-order valence-electron chi connectivity index (χ0n) is 11.9. The highest BCUT2D eigenvalue weighted by Gasteiger charge is 2.29. The van der Waals surface area contributed by atoms with Crippen molar-refractivity contribution in [3.63, 3.8) is 0 Å². The SMILES string of the molecule is CN(CC1CCCCN1)C(=O)c1cc(Cl)cn1C1CC1. The predicted molar refractivity (Wildman–Crippen MR) is 80.3 cm³/mol. The Bertz CT molecular complexity index is 489. The maximum absolute atomic E-state index is 12.6.